The Hall–Kier alpha value is -5.24. The molecule has 2 N–H and O–H groups in total. The predicted octanol–water partition coefficient (Wildman–Crippen LogP) is 7.27. The van der Waals surface area contributed by atoms with Gasteiger partial charge < -0.3 is 14.7 Å². The van der Waals surface area contributed by atoms with Crippen LogP contribution in [0.4, 0.5) is 8.78 Å². The SMILES string of the molecule is O=C(c1cc2c(-c3ccccc3)cccc2[nH]1)c1cnn2c1[nH]c1cc(Oc3cccc(F)c3F)ccc12. The molecule has 6 nitrogen and oxygen atoms in total. The molecule has 184 valence electrons. The first-order valence-electron chi connectivity index (χ1n) is 11.9. The highest BCUT2D eigenvalue weighted by Crippen LogP contribution is 2.32. The van der Waals surface area contributed by atoms with Gasteiger partial charge in [-0.15, -0.1) is 0 Å². The molecule has 0 saturated carbocycles. The number of nitrogens with one attached hydrogen (secondary N) is 2. The summed E-state index contributed by atoms with van der Waals surface area (Å²) >= 11 is 0. The van der Waals surface area contributed by atoms with Gasteiger partial charge in [0.05, 0.1) is 28.5 Å². The topological polar surface area (TPSA) is 75.2 Å². The van der Waals surface area contributed by atoms with Crippen LogP contribution in [0.25, 0.3) is 38.7 Å². The summed E-state index contributed by atoms with van der Waals surface area (Å²) in [6.45, 7) is 0. The summed E-state index contributed by atoms with van der Waals surface area (Å²) in [5.41, 5.74) is 5.65. The Kier molecular flexibility index (Phi) is 4.87. The summed E-state index contributed by atoms with van der Waals surface area (Å²) in [6.07, 6.45) is 1.53. The summed E-state index contributed by atoms with van der Waals surface area (Å²) in [5.74, 6) is -2.16. The Morgan fingerprint density at radius 2 is 1.68 bits per heavy atom. The minimum absolute atomic E-state index is 0.208. The zero-order valence-electron chi connectivity index (χ0n) is 19.7. The zero-order chi connectivity index (χ0) is 25.8. The third-order valence-electron chi connectivity index (χ3n) is 6.60. The molecule has 0 aliphatic carbocycles. The number of ether oxygens (including phenoxy) is 1. The summed E-state index contributed by atoms with van der Waals surface area (Å²) < 4.78 is 34.8. The summed E-state index contributed by atoms with van der Waals surface area (Å²) in [4.78, 5) is 20.1. The van der Waals surface area contributed by atoms with Crippen molar-refractivity contribution >= 4 is 33.4 Å². The van der Waals surface area contributed by atoms with E-state index in [1.165, 1.54) is 18.3 Å². The van der Waals surface area contributed by atoms with Gasteiger partial charge in [-0.05, 0) is 47.5 Å². The summed E-state index contributed by atoms with van der Waals surface area (Å²) in [6, 6.07) is 26.6. The number of halogens is 2. The molecule has 4 aromatic carbocycles. The maximum Gasteiger partial charge on any atom is 0.214 e. The van der Waals surface area contributed by atoms with Crippen molar-refractivity contribution < 1.29 is 18.3 Å². The van der Waals surface area contributed by atoms with E-state index in [-0.39, 0.29) is 11.5 Å². The van der Waals surface area contributed by atoms with Crippen LogP contribution in [-0.4, -0.2) is 25.4 Å². The van der Waals surface area contributed by atoms with Crippen LogP contribution in [0.15, 0.2) is 97.2 Å². The Morgan fingerprint density at radius 1 is 0.842 bits per heavy atom. The predicted molar refractivity (Wildman–Crippen MR) is 141 cm³/mol. The Labute approximate surface area is 214 Å². The molecule has 0 radical (unpaired) electrons. The zero-order valence-corrected chi connectivity index (χ0v) is 19.7. The van der Waals surface area contributed by atoms with Gasteiger partial charge in [0.1, 0.15) is 11.4 Å². The van der Waals surface area contributed by atoms with E-state index < -0.39 is 11.6 Å². The number of ketones is 1. The van der Waals surface area contributed by atoms with Gasteiger partial charge in [-0.3, -0.25) is 4.79 Å². The second kappa shape index (κ2) is 8.41. The van der Waals surface area contributed by atoms with Gasteiger partial charge in [0.2, 0.25) is 11.6 Å². The van der Waals surface area contributed by atoms with Crippen LogP contribution in [0.5, 0.6) is 11.5 Å². The van der Waals surface area contributed by atoms with Crippen molar-refractivity contribution in [1.82, 2.24) is 19.6 Å². The molecule has 0 aliphatic heterocycles. The number of nitrogens with zero attached hydrogens (tertiary/aromatic N) is 2. The van der Waals surface area contributed by atoms with Crippen molar-refractivity contribution in [2.45, 2.75) is 0 Å². The van der Waals surface area contributed by atoms with E-state index in [4.69, 9.17) is 4.74 Å². The number of rotatable bonds is 5. The third-order valence-corrected chi connectivity index (χ3v) is 6.60. The van der Waals surface area contributed by atoms with Crippen molar-refractivity contribution in [3.05, 3.63) is 120 Å². The minimum Gasteiger partial charge on any atom is -0.454 e. The van der Waals surface area contributed by atoms with E-state index in [9.17, 15) is 13.6 Å². The van der Waals surface area contributed by atoms with Crippen molar-refractivity contribution in [3.8, 4) is 22.6 Å². The molecule has 3 heterocycles. The first kappa shape index (κ1) is 22.0. The van der Waals surface area contributed by atoms with Gasteiger partial charge >= 0.3 is 0 Å². The molecular formula is C30H18F2N4O2. The number of aromatic nitrogens is 4. The van der Waals surface area contributed by atoms with Crippen molar-refractivity contribution in [2.24, 2.45) is 0 Å². The molecule has 3 aromatic heterocycles. The quantitative estimate of drug-likeness (QED) is 0.242. The highest BCUT2D eigenvalue weighted by molar-refractivity contribution is 6.14. The van der Waals surface area contributed by atoms with E-state index in [0.29, 0.717) is 33.7 Å². The molecule has 0 amide bonds. The first-order chi connectivity index (χ1) is 18.6. The maximum atomic E-state index is 14.1. The average Bonchev–Trinajstić information content (AvgIpc) is 3.64. The van der Waals surface area contributed by atoms with Gasteiger partial charge in [-0.25, -0.2) is 8.91 Å². The van der Waals surface area contributed by atoms with Crippen LogP contribution in [0, 0.1) is 11.6 Å². The van der Waals surface area contributed by atoms with Gasteiger partial charge in [-0.1, -0.05) is 48.5 Å². The second-order valence-electron chi connectivity index (χ2n) is 8.92. The van der Waals surface area contributed by atoms with Gasteiger partial charge in [-0.2, -0.15) is 9.49 Å². The van der Waals surface area contributed by atoms with E-state index in [0.717, 1.165) is 28.1 Å². The monoisotopic (exact) mass is 504 g/mol. The number of benzene rings is 4. The molecule has 38 heavy (non-hydrogen) atoms. The number of H-pyrrole nitrogens is 2. The molecular weight excluding hydrogens is 486 g/mol. The van der Waals surface area contributed by atoms with E-state index in [2.05, 4.69) is 15.1 Å². The van der Waals surface area contributed by atoms with Crippen molar-refractivity contribution in [3.63, 3.8) is 0 Å². The molecule has 0 spiro atoms. The fourth-order valence-electron chi connectivity index (χ4n) is 4.79. The van der Waals surface area contributed by atoms with Gasteiger partial charge in [0.25, 0.3) is 0 Å². The molecule has 7 aromatic rings. The molecule has 0 saturated heterocycles. The number of hydrogen-bond acceptors (Lipinski definition) is 3. The lowest BCUT2D eigenvalue weighted by molar-refractivity contribution is 0.103. The van der Waals surface area contributed by atoms with E-state index in [1.807, 2.05) is 54.6 Å². The van der Waals surface area contributed by atoms with Gasteiger partial charge in [0.15, 0.2) is 11.6 Å². The standard InChI is InChI=1S/C30H18F2N4O2/c31-22-9-5-11-27(28(22)32)38-18-12-13-26-24(14-18)35-30-21(16-33-36(26)30)29(37)25-15-20-19(8-4-10-23(20)34-25)17-6-2-1-3-7-17/h1-16,34-35H. The smallest absolute Gasteiger partial charge is 0.214 e. The highest BCUT2D eigenvalue weighted by Gasteiger charge is 2.21. The minimum atomic E-state index is -1.06. The maximum absolute atomic E-state index is 14.1. The molecule has 0 atom stereocenters. The molecule has 0 bridgehead atoms. The number of aromatic amines is 2. The number of hydrogen-bond donors (Lipinski definition) is 2. The lowest BCUT2D eigenvalue weighted by Crippen LogP contribution is -2.01. The lowest BCUT2D eigenvalue weighted by Gasteiger charge is -2.07. The van der Waals surface area contributed by atoms with Crippen molar-refractivity contribution in [1.29, 1.82) is 0 Å². The van der Waals surface area contributed by atoms with Crippen LogP contribution < -0.4 is 4.74 Å². The van der Waals surface area contributed by atoms with Crippen LogP contribution in [0.2, 0.25) is 0 Å². The molecule has 7 rings (SSSR count). The lowest BCUT2D eigenvalue weighted by atomic mass is 10.0. The van der Waals surface area contributed by atoms with E-state index in [1.54, 1.807) is 22.7 Å². The Balaban J connectivity index is 1.26. The fourth-order valence-corrected chi connectivity index (χ4v) is 4.79. The highest BCUT2D eigenvalue weighted by atomic mass is 19.2. The number of carbonyl (C=O) groups excluding carboxylic acids is 1. The number of fused-ring (bicyclic) bond motifs is 4. The van der Waals surface area contributed by atoms with Crippen LogP contribution in [-0.2, 0) is 0 Å². The van der Waals surface area contributed by atoms with E-state index >= 15 is 0 Å². The third kappa shape index (κ3) is 3.46. The Bertz CT molecular complexity index is 2000. The Morgan fingerprint density at radius 3 is 2.55 bits per heavy atom. The summed E-state index contributed by atoms with van der Waals surface area (Å²) in [5, 5.41) is 5.36. The largest absolute Gasteiger partial charge is 0.454 e. The normalized spacial score (nSPS) is 11.5. The van der Waals surface area contributed by atoms with Gasteiger partial charge in [0, 0.05) is 17.0 Å². The first-order valence-corrected chi connectivity index (χ1v) is 11.9. The van der Waals surface area contributed by atoms with Crippen molar-refractivity contribution in [2.75, 3.05) is 0 Å². The number of carbonyl (C=O) groups is 1. The van der Waals surface area contributed by atoms with Crippen LogP contribution in [0.1, 0.15) is 16.1 Å². The molecule has 0 unspecified atom stereocenters. The molecule has 0 fully saturated rings. The second-order valence-corrected chi connectivity index (χ2v) is 8.92. The average molecular weight is 504 g/mol. The van der Waals surface area contributed by atoms with Crippen LogP contribution in [0.3, 0.4) is 0 Å². The van der Waals surface area contributed by atoms with Crippen LogP contribution >= 0.6 is 0 Å². The fraction of sp³-hybridized carbons (Fsp3) is 0. The number of imidazole rings is 1. The molecule has 0 aliphatic rings. The molecule has 8 heteroatoms. The summed E-state index contributed by atoms with van der Waals surface area (Å²) in [7, 11) is 0.